The fraction of sp³-hybridized carbons (Fsp3) is 0.200. The van der Waals surface area contributed by atoms with E-state index in [0.29, 0.717) is 41.0 Å². The van der Waals surface area contributed by atoms with E-state index in [4.69, 9.17) is 0 Å². The zero-order valence-corrected chi connectivity index (χ0v) is 77.4. The van der Waals surface area contributed by atoms with Crippen molar-refractivity contribution in [2.45, 2.75) is 140 Å². The summed E-state index contributed by atoms with van der Waals surface area (Å²) in [5, 5.41) is 0. The molecule has 0 aromatic heterocycles. The normalized spacial score (nSPS) is 11.5. The highest BCUT2D eigenvalue weighted by molar-refractivity contribution is 5.41. The van der Waals surface area contributed by atoms with Crippen LogP contribution in [0.1, 0.15) is 117 Å². The Hall–Kier alpha value is -14.6. The number of halogens is 32. The molecule has 766 valence electrons. The molecule has 39 heteroatoms. The van der Waals surface area contributed by atoms with Gasteiger partial charge < -0.3 is 33.2 Å². The Morgan fingerprint density at radius 2 is 0.333 bits per heavy atom. The SMILES string of the molecule is Cc1cc(F)c(C(F)(F)Oc2cc(F)c(C)c(F)c2)c(F)c1.Cc1cc(F)c(C(F)(F)Oc2ccc(C)c(F)c2)c(F)c1.Cc1ccc(C(F)(F)Oc2ccc(C)c(F)c2)c(F)c1.Cc1ccc(OC(F)(F)c2c(F)cc(C)cc2F)c(F)c1.Cc1ccc(OC(F)(F)c2c(F)cc(C)cc2F)cc1.Cc1ccc(OC(F)(F)c2c(F)cc(C)cc2F)cc1.Cc1ccc(OC(F)(F)c2c(F)cc(C)cc2F)cc1. The Kier molecular flexibility index (Phi) is 37.5. The molecular weight excluding hydrogens is 1980 g/mol. The molecule has 0 N–H and O–H groups in total. The van der Waals surface area contributed by atoms with Crippen LogP contribution in [0.5, 0.6) is 40.2 Å². The molecule has 0 saturated heterocycles. The minimum atomic E-state index is -4.43. The predicted molar refractivity (Wildman–Crippen MR) is 467 cm³/mol. The quantitative estimate of drug-likeness (QED) is 0.0664. The van der Waals surface area contributed by atoms with Crippen LogP contribution in [0, 0.1) is 202 Å². The predicted octanol–water partition coefficient (Wildman–Crippen LogP) is 33.5. The fourth-order valence-corrected chi connectivity index (χ4v) is 12.6. The summed E-state index contributed by atoms with van der Waals surface area (Å²) >= 11 is 0. The Balaban J connectivity index is 0.000000205. The summed E-state index contributed by atoms with van der Waals surface area (Å²) in [5.41, 5.74) is -4.93. The number of aryl methyl sites for hydroxylation is 13. The average Bonchev–Trinajstić information content (AvgIpc) is 0.808. The van der Waals surface area contributed by atoms with Gasteiger partial charge >= 0.3 is 42.8 Å². The van der Waals surface area contributed by atoms with Crippen LogP contribution in [-0.4, -0.2) is 0 Å². The number of hydrogen-bond donors (Lipinski definition) is 0. The van der Waals surface area contributed by atoms with Gasteiger partial charge in [0, 0.05) is 29.8 Å². The van der Waals surface area contributed by atoms with Gasteiger partial charge in [0.25, 0.3) is 0 Å². The molecule has 0 saturated carbocycles. The number of ether oxygens (including phenoxy) is 7. The molecule has 0 unspecified atom stereocenters. The van der Waals surface area contributed by atoms with Crippen LogP contribution >= 0.6 is 0 Å². The molecule has 7 nitrogen and oxygen atoms in total. The van der Waals surface area contributed by atoms with Crippen molar-refractivity contribution in [2.75, 3.05) is 0 Å². The maximum atomic E-state index is 13.9. The number of benzene rings is 14. The first-order valence-electron chi connectivity index (χ1n) is 41.7. The highest BCUT2D eigenvalue weighted by Crippen LogP contribution is 2.45. The van der Waals surface area contributed by atoms with Crippen LogP contribution in [0.25, 0.3) is 0 Å². The lowest BCUT2D eigenvalue weighted by Gasteiger charge is -2.20. The summed E-state index contributed by atoms with van der Waals surface area (Å²) in [6.07, 6.45) is -29.2. The molecule has 0 spiro atoms. The number of rotatable bonds is 21. The third kappa shape index (κ3) is 31.0. The lowest BCUT2D eigenvalue weighted by atomic mass is 10.1. The molecule has 0 aliphatic heterocycles. The Labute approximate surface area is 802 Å². The zero-order valence-electron chi connectivity index (χ0n) is 77.4. The Morgan fingerprint density at radius 1 is 0.146 bits per heavy atom. The molecule has 0 heterocycles. The highest BCUT2D eigenvalue weighted by atomic mass is 19.3. The molecule has 144 heavy (non-hydrogen) atoms. The molecule has 0 fully saturated rings. The van der Waals surface area contributed by atoms with Gasteiger partial charge in [-0.25, -0.2) is 79.0 Å². The van der Waals surface area contributed by atoms with Crippen molar-refractivity contribution in [3.05, 3.63) is 452 Å². The van der Waals surface area contributed by atoms with Gasteiger partial charge in [-0.05, 0) is 298 Å². The first-order chi connectivity index (χ1) is 66.7. The van der Waals surface area contributed by atoms with Gasteiger partial charge in [-0.15, -0.1) is 0 Å². The number of alkyl halides is 14. The summed E-state index contributed by atoms with van der Waals surface area (Å²) in [5.74, 6) is -25.6. The van der Waals surface area contributed by atoms with Gasteiger partial charge in [-0.1, -0.05) is 77.4 Å². The van der Waals surface area contributed by atoms with Crippen molar-refractivity contribution < 1.29 is 174 Å². The molecule has 0 aliphatic rings. The monoisotopic (exact) mass is 2060 g/mol. The molecule has 0 aliphatic carbocycles. The van der Waals surface area contributed by atoms with Crippen molar-refractivity contribution in [3.8, 4) is 40.2 Å². The van der Waals surface area contributed by atoms with Crippen LogP contribution in [0.3, 0.4) is 0 Å². The van der Waals surface area contributed by atoms with E-state index >= 15 is 0 Å². The van der Waals surface area contributed by atoms with Gasteiger partial charge in [-0.3, -0.25) is 0 Å². The minimum absolute atomic E-state index is 0.0991. The molecule has 0 amide bonds. The molecule has 0 radical (unpaired) electrons. The second-order valence-electron chi connectivity index (χ2n) is 32.1. The van der Waals surface area contributed by atoms with Gasteiger partial charge in [0.2, 0.25) is 0 Å². The van der Waals surface area contributed by atoms with E-state index < -0.39 is 204 Å². The summed E-state index contributed by atoms with van der Waals surface area (Å²) in [7, 11) is 0. The molecular formula is C105H80F32O7. The summed E-state index contributed by atoms with van der Waals surface area (Å²) in [6.45, 7) is 20.8. The topological polar surface area (TPSA) is 64.6 Å². The van der Waals surface area contributed by atoms with Crippen molar-refractivity contribution in [1.82, 2.24) is 0 Å². The van der Waals surface area contributed by atoms with Crippen molar-refractivity contribution >= 4 is 0 Å². The standard InChI is InChI=1S/C15H10F6O.2C15H11F5O.4C15H12F4O/c1-7-3-12(18)14(13(19)4-7)15(20,21)22-9-5-10(16)8(2)11(17)6-9;1-8-5-12(17)14(13(18)6-8)15(19,20)21-10-4-3-9(2)11(16)7-10;1-8-3-4-13(10(16)5-8)21-15(19,20)14-11(17)6-9(2)7-12(14)18;1-9-3-6-12(14(17)7-9)15(18,19)20-11-5-4-10(2)13(16)8-11;3*1-9-3-5-11(6-4-9)20-15(18,19)14-12(16)7-10(2)8-13(14)17/h3-6H,1-2H3;2*3-7H,1-2H3;4*3-8H,1-2H3. The first kappa shape index (κ1) is 115. The molecule has 0 atom stereocenters. The lowest BCUT2D eigenvalue weighted by molar-refractivity contribution is -0.191. The Morgan fingerprint density at radius 3 is 0.569 bits per heavy atom. The smallest absolute Gasteiger partial charge is 0.429 e. The summed E-state index contributed by atoms with van der Waals surface area (Å²) < 4.78 is 468. The molecule has 14 aromatic carbocycles. The summed E-state index contributed by atoms with van der Waals surface area (Å²) in [4.78, 5) is 0. The lowest BCUT2D eigenvalue weighted by Crippen LogP contribution is -2.25. The van der Waals surface area contributed by atoms with Crippen molar-refractivity contribution in [2.24, 2.45) is 0 Å². The van der Waals surface area contributed by atoms with Crippen molar-refractivity contribution in [3.63, 3.8) is 0 Å². The fourth-order valence-electron chi connectivity index (χ4n) is 12.6. The van der Waals surface area contributed by atoms with E-state index in [1.807, 2.05) is 0 Å². The Bertz CT molecular complexity index is 6450. The zero-order chi connectivity index (χ0) is 108. The van der Waals surface area contributed by atoms with Crippen LogP contribution in [0.4, 0.5) is 140 Å². The number of hydrogen-bond acceptors (Lipinski definition) is 7. The van der Waals surface area contributed by atoms with E-state index in [0.717, 1.165) is 127 Å². The minimum Gasteiger partial charge on any atom is -0.429 e. The second-order valence-corrected chi connectivity index (χ2v) is 32.1. The maximum Gasteiger partial charge on any atom is 0.432 e. The van der Waals surface area contributed by atoms with E-state index in [9.17, 15) is 140 Å². The van der Waals surface area contributed by atoms with Crippen LogP contribution in [-0.2, 0) is 42.8 Å². The van der Waals surface area contributed by atoms with Gasteiger partial charge in [0.05, 0.1) is 5.56 Å². The van der Waals surface area contributed by atoms with Crippen LogP contribution < -0.4 is 33.2 Å². The van der Waals surface area contributed by atoms with Crippen molar-refractivity contribution in [1.29, 1.82) is 0 Å². The third-order valence-electron chi connectivity index (χ3n) is 19.7. The third-order valence-corrected chi connectivity index (χ3v) is 19.7. The highest BCUT2D eigenvalue weighted by Gasteiger charge is 2.48. The molecule has 14 rings (SSSR count). The average molecular weight is 2060 g/mol. The molecule has 14 aromatic rings. The maximum absolute atomic E-state index is 13.9. The van der Waals surface area contributed by atoms with E-state index in [2.05, 4.69) is 33.2 Å². The second kappa shape index (κ2) is 47.1. The van der Waals surface area contributed by atoms with Gasteiger partial charge in [0.15, 0.2) is 11.6 Å². The van der Waals surface area contributed by atoms with Gasteiger partial charge in [0.1, 0.15) is 167 Å². The van der Waals surface area contributed by atoms with E-state index in [1.165, 1.54) is 122 Å². The molecule has 0 bridgehead atoms. The van der Waals surface area contributed by atoms with Crippen LogP contribution in [0.15, 0.2) is 231 Å². The van der Waals surface area contributed by atoms with Crippen LogP contribution in [0.2, 0.25) is 0 Å². The van der Waals surface area contributed by atoms with E-state index in [1.54, 1.807) is 71.0 Å². The first-order valence-corrected chi connectivity index (χ1v) is 41.7. The van der Waals surface area contributed by atoms with Gasteiger partial charge in [-0.2, -0.15) is 61.5 Å². The van der Waals surface area contributed by atoms with E-state index in [-0.39, 0.29) is 67.5 Å². The largest absolute Gasteiger partial charge is 0.432 e. The summed E-state index contributed by atoms with van der Waals surface area (Å²) in [6, 6.07) is 40.7.